The lowest BCUT2D eigenvalue weighted by Crippen LogP contribution is -2.15. The standard InChI is InChI=1S/C15H11ClFN3OS/c16-9-5-6-12-13(7-9)20-15(19-12)22-8-14(21)18-11-4-2-1-3-10(11)17/h1-7H,8H2,(H,18,21)(H,19,20). The largest absolute Gasteiger partial charge is 0.333 e. The number of nitrogens with zero attached hydrogens (tertiary/aromatic N) is 1. The van der Waals surface area contributed by atoms with Gasteiger partial charge in [0.2, 0.25) is 5.91 Å². The first-order valence-corrected chi connectivity index (χ1v) is 7.80. The molecule has 3 aromatic rings. The number of amides is 1. The number of rotatable bonds is 4. The third-order valence-corrected chi connectivity index (χ3v) is 4.02. The summed E-state index contributed by atoms with van der Waals surface area (Å²) in [6, 6.07) is 11.4. The van der Waals surface area contributed by atoms with Gasteiger partial charge in [-0.25, -0.2) is 9.37 Å². The van der Waals surface area contributed by atoms with E-state index >= 15 is 0 Å². The highest BCUT2D eigenvalue weighted by Crippen LogP contribution is 2.22. The molecule has 1 aromatic heterocycles. The summed E-state index contributed by atoms with van der Waals surface area (Å²) in [5.74, 6) is -0.630. The molecule has 0 atom stereocenters. The number of hydrogen-bond acceptors (Lipinski definition) is 3. The highest BCUT2D eigenvalue weighted by Gasteiger charge is 2.09. The van der Waals surface area contributed by atoms with Gasteiger partial charge >= 0.3 is 0 Å². The van der Waals surface area contributed by atoms with Crippen molar-refractivity contribution in [1.29, 1.82) is 0 Å². The highest BCUT2D eigenvalue weighted by atomic mass is 35.5. The second-order valence-electron chi connectivity index (χ2n) is 4.52. The molecule has 1 heterocycles. The van der Waals surface area contributed by atoms with Crippen LogP contribution in [-0.2, 0) is 4.79 Å². The molecule has 0 aliphatic rings. The van der Waals surface area contributed by atoms with E-state index in [-0.39, 0.29) is 17.3 Å². The maximum atomic E-state index is 13.4. The molecule has 0 radical (unpaired) electrons. The predicted octanol–water partition coefficient (Wildman–Crippen LogP) is 4.09. The van der Waals surface area contributed by atoms with Gasteiger partial charge in [-0.05, 0) is 30.3 Å². The fourth-order valence-corrected chi connectivity index (χ4v) is 2.77. The number of carbonyl (C=O) groups is 1. The van der Waals surface area contributed by atoms with Gasteiger partial charge in [0, 0.05) is 5.02 Å². The summed E-state index contributed by atoms with van der Waals surface area (Å²) >= 11 is 7.15. The van der Waals surface area contributed by atoms with Gasteiger partial charge in [0.1, 0.15) is 5.82 Å². The first-order valence-electron chi connectivity index (χ1n) is 6.44. The van der Waals surface area contributed by atoms with Crippen molar-refractivity contribution in [2.24, 2.45) is 0 Å². The number of hydrogen-bond donors (Lipinski definition) is 2. The molecular formula is C15H11ClFN3OS. The maximum Gasteiger partial charge on any atom is 0.234 e. The fraction of sp³-hybridized carbons (Fsp3) is 0.0667. The number of aromatic amines is 1. The Bertz CT molecular complexity index is 837. The molecule has 22 heavy (non-hydrogen) atoms. The van der Waals surface area contributed by atoms with E-state index in [2.05, 4.69) is 15.3 Å². The lowest BCUT2D eigenvalue weighted by molar-refractivity contribution is -0.113. The maximum absolute atomic E-state index is 13.4. The van der Waals surface area contributed by atoms with Crippen LogP contribution in [-0.4, -0.2) is 21.6 Å². The lowest BCUT2D eigenvalue weighted by Gasteiger charge is -2.04. The number of aromatic nitrogens is 2. The van der Waals surface area contributed by atoms with Crippen molar-refractivity contribution in [3.8, 4) is 0 Å². The topological polar surface area (TPSA) is 57.8 Å². The predicted molar refractivity (Wildman–Crippen MR) is 86.9 cm³/mol. The van der Waals surface area contributed by atoms with E-state index in [9.17, 15) is 9.18 Å². The number of H-pyrrole nitrogens is 1. The summed E-state index contributed by atoms with van der Waals surface area (Å²) in [7, 11) is 0. The van der Waals surface area contributed by atoms with Crippen LogP contribution >= 0.6 is 23.4 Å². The number of fused-ring (bicyclic) bond motifs is 1. The van der Waals surface area contributed by atoms with E-state index in [4.69, 9.17) is 11.6 Å². The zero-order valence-corrected chi connectivity index (χ0v) is 12.8. The first-order chi connectivity index (χ1) is 10.6. The van der Waals surface area contributed by atoms with Gasteiger partial charge in [-0.1, -0.05) is 35.5 Å². The van der Waals surface area contributed by atoms with Gasteiger partial charge in [-0.2, -0.15) is 0 Å². The molecule has 7 heteroatoms. The molecule has 0 saturated heterocycles. The Morgan fingerprint density at radius 1 is 1.32 bits per heavy atom. The minimum atomic E-state index is -0.459. The summed E-state index contributed by atoms with van der Waals surface area (Å²) in [5, 5.41) is 3.75. The van der Waals surface area contributed by atoms with Crippen LogP contribution in [0, 0.1) is 5.82 Å². The van der Waals surface area contributed by atoms with Crippen LogP contribution in [0.2, 0.25) is 5.02 Å². The summed E-state index contributed by atoms with van der Waals surface area (Å²) in [6.45, 7) is 0. The van der Waals surface area contributed by atoms with Crippen LogP contribution in [0.25, 0.3) is 11.0 Å². The molecule has 0 aliphatic carbocycles. The van der Waals surface area contributed by atoms with Crippen molar-refractivity contribution < 1.29 is 9.18 Å². The fourth-order valence-electron chi connectivity index (χ4n) is 1.91. The van der Waals surface area contributed by atoms with Crippen LogP contribution in [0.15, 0.2) is 47.6 Å². The third kappa shape index (κ3) is 3.40. The van der Waals surface area contributed by atoms with Crippen molar-refractivity contribution in [1.82, 2.24) is 9.97 Å². The van der Waals surface area contributed by atoms with Gasteiger partial charge in [0.15, 0.2) is 5.16 Å². The van der Waals surface area contributed by atoms with Crippen molar-refractivity contribution >= 4 is 46.0 Å². The van der Waals surface area contributed by atoms with Crippen molar-refractivity contribution in [2.45, 2.75) is 5.16 Å². The smallest absolute Gasteiger partial charge is 0.234 e. The molecule has 1 amide bonds. The van der Waals surface area contributed by atoms with Crippen LogP contribution < -0.4 is 5.32 Å². The van der Waals surface area contributed by atoms with E-state index in [1.165, 1.54) is 23.9 Å². The van der Waals surface area contributed by atoms with Crippen LogP contribution in [0.4, 0.5) is 10.1 Å². The zero-order chi connectivity index (χ0) is 15.5. The number of nitrogens with one attached hydrogen (secondary N) is 2. The summed E-state index contributed by atoms with van der Waals surface area (Å²) in [5.41, 5.74) is 1.76. The second-order valence-corrected chi connectivity index (χ2v) is 5.92. The van der Waals surface area contributed by atoms with Crippen LogP contribution in [0.1, 0.15) is 0 Å². The van der Waals surface area contributed by atoms with Crippen molar-refractivity contribution in [3.05, 3.63) is 53.3 Å². The van der Waals surface area contributed by atoms with Gasteiger partial charge in [-0.3, -0.25) is 4.79 Å². The summed E-state index contributed by atoms with van der Waals surface area (Å²) in [4.78, 5) is 19.3. The van der Waals surface area contributed by atoms with E-state index in [1.807, 2.05) is 0 Å². The first kappa shape index (κ1) is 14.9. The zero-order valence-electron chi connectivity index (χ0n) is 11.3. The monoisotopic (exact) mass is 335 g/mol. The normalized spacial score (nSPS) is 10.8. The Kier molecular flexibility index (Phi) is 4.31. The molecule has 0 saturated carbocycles. The average molecular weight is 336 g/mol. The van der Waals surface area contributed by atoms with E-state index in [1.54, 1.807) is 30.3 Å². The van der Waals surface area contributed by atoms with E-state index in [0.29, 0.717) is 10.2 Å². The SMILES string of the molecule is O=C(CSc1nc2ccc(Cl)cc2[nH]1)Nc1ccccc1F. The number of para-hydroxylation sites is 1. The van der Waals surface area contributed by atoms with E-state index in [0.717, 1.165) is 11.0 Å². The summed E-state index contributed by atoms with van der Waals surface area (Å²) < 4.78 is 13.4. The van der Waals surface area contributed by atoms with E-state index < -0.39 is 5.82 Å². The number of imidazole rings is 1. The van der Waals surface area contributed by atoms with Gasteiger partial charge in [-0.15, -0.1) is 0 Å². The molecule has 2 N–H and O–H groups in total. The van der Waals surface area contributed by atoms with Crippen LogP contribution in [0.5, 0.6) is 0 Å². The van der Waals surface area contributed by atoms with Crippen LogP contribution in [0.3, 0.4) is 0 Å². The lowest BCUT2D eigenvalue weighted by atomic mass is 10.3. The average Bonchev–Trinajstić information content (AvgIpc) is 2.89. The Morgan fingerprint density at radius 3 is 2.95 bits per heavy atom. The number of carbonyl (C=O) groups excluding carboxylic acids is 1. The second kappa shape index (κ2) is 6.37. The van der Waals surface area contributed by atoms with Crippen molar-refractivity contribution in [3.63, 3.8) is 0 Å². The number of thioether (sulfide) groups is 1. The molecule has 2 aromatic carbocycles. The minimum absolute atomic E-state index is 0.127. The number of halogens is 2. The van der Waals surface area contributed by atoms with Gasteiger partial charge in [0.05, 0.1) is 22.5 Å². The molecule has 3 rings (SSSR count). The quantitative estimate of drug-likeness (QED) is 0.706. The molecule has 0 spiro atoms. The Hall–Kier alpha value is -2.05. The molecule has 0 fully saturated rings. The summed E-state index contributed by atoms with van der Waals surface area (Å²) in [6.07, 6.45) is 0. The Labute approximate surface area is 135 Å². The third-order valence-electron chi connectivity index (χ3n) is 2.91. The Balaban J connectivity index is 1.63. The molecule has 0 bridgehead atoms. The molecule has 4 nitrogen and oxygen atoms in total. The molecule has 0 aliphatic heterocycles. The Morgan fingerprint density at radius 2 is 2.14 bits per heavy atom. The van der Waals surface area contributed by atoms with Crippen molar-refractivity contribution in [2.75, 3.05) is 11.1 Å². The molecule has 0 unspecified atom stereocenters. The number of anilines is 1. The minimum Gasteiger partial charge on any atom is -0.333 e. The molecule has 112 valence electrons. The highest BCUT2D eigenvalue weighted by molar-refractivity contribution is 7.99. The molecular weight excluding hydrogens is 325 g/mol. The van der Waals surface area contributed by atoms with Gasteiger partial charge < -0.3 is 10.3 Å². The number of benzene rings is 2. The van der Waals surface area contributed by atoms with Gasteiger partial charge in [0.25, 0.3) is 0 Å².